The maximum absolute atomic E-state index is 4.29. The number of nitrogens with one attached hydrogen (secondary N) is 1. The molecule has 2 aromatic rings. The van der Waals surface area contributed by atoms with E-state index in [4.69, 9.17) is 0 Å². The summed E-state index contributed by atoms with van der Waals surface area (Å²) in [7, 11) is 1.93. The molecule has 14 heavy (non-hydrogen) atoms. The van der Waals surface area contributed by atoms with Crippen molar-refractivity contribution >= 4 is 11.3 Å². The highest BCUT2D eigenvalue weighted by Crippen LogP contribution is 2.07. The Morgan fingerprint density at radius 2 is 2.36 bits per heavy atom. The number of rotatable bonds is 4. The van der Waals surface area contributed by atoms with Gasteiger partial charge >= 0.3 is 0 Å². The Labute approximate surface area is 87.4 Å². The molecule has 2 rings (SSSR count). The molecule has 0 fully saturated rings. The van der Waals surface area contributed by atoms with Crippen molar-refractivity contribution in [2.75, 3.05) is 0 Å². The zero-order valence-electron chi connectivity index (χ0n) is 8.10. The van der Waals surface area contributed by atoms with Crippen molar-refractivity contribution < 1.29 is 0 Å². The lowest BCUT2D eigenvalue weighted by molar-refractivity contribution is 0.661. The van der Waals surface area contributed by atoms with Gasteiger partial charge in [0.15, 0.2) is 0 Å². The topological polar surface area (TPSA) is 29.9 Å². The summed E-state index contributed by atoms with van der Waals surface area (Å²) in [6.07, 6.45) is 1.96. The van der Waals surface area contributed by atoms with E-state index in [2.05, 4.69) is 27.9 Å². The van der Waals surface area contributed by atoms with Crippen molar-refractivity contribution in [1.82, 2.24) is 15.1 Å². The Hall–Kier alpha value is -1.13. The van der Waals surface area contributed by atoms with E-state index in [1.54, 1.807) is 11.3 Å². The van der Waals surface area contributed by atoms with Crippen molar-refractivity contribution in [2.45, 2.75) is 13.1 Å². The molecule has 0 saturated carbocycles. The maximum Gasteiger partial charge on any atom is 0.0762 e. The number of aryl methyl sites for hydroxylation is 1. The fourth-order valence-electron chi connectivity index (χ4n) is 1.28. The third-order valence-electron chi connectivity index (χ3n) is 1.95. The normalized spacial score (nSPS) is 10.6. The molecule has 0 atom stereocenters. The molecule has 0 unspecified atom stereocenters. The molecule has 0 aliphatic rings. The van der Waals surface area contributed by atoms with Crippen LogP contribution >= 0.6 is 11.3 Å². The average Bonchev–Trinajstić information content (AvgIpc) is 2.77. The minimum atomic E-state index is 0.832. The van der Waals surface area contributed by atoms with Crippen LogP contribution in [0.1, 0.15) is 10.6 Å². The summed E-state index contributed by atoms with van der Waals surface area (Å²) < 4.78 is 1.82. The minimum Gasteiger partial charge on any atom is -0.306 e. The van der Waals surface area contributed by atoms with Gasteiger partial charge in [-0.2, -0.15) is 5.10 Å². The first-order valence-electron chi connectivity index (χ1n) is 4.56. The molecule has 0 spiro atoms. The van der Waals surface area contributed by atoms with E-state index in [0.29, 0.717) is 0 Å². The summed E-state index contributed by atoms with van der Waals surface area (Å²) in [5, 5.41) is 9.73. The second kappa shape index (κ2) is 4.39. The highest BCUT2D eigenvalue weighted by atomic mass is 32.1. The van der Waals surface area contributed by atoms with E-state index in [9.17, 15) is 0 Å². The van der Waals surface area contributed by atoms with E-state index < -0.39 is 0 Å². The summed E-state index contributed by atoms with van der Waals surface area (Å²) >= 11 is 1.78. The van der Waals surface area contributed by atoms with Gasteiger partial charge in [0.1, 0.15) is 0 Å². The SMILES string of the molecule is Cn1ccc(CNCc2cccs2)n1. The predicted octanol–water partition coefficient (Wildman–Crippen LogP) is 1.77. The van der Waals surface area contributed by atoms with Crippen molar-refractivity contribution in [3.63, 3.8) is 0 Å². The molecule has 4 heteroatoms. The van der Waals surface area contributed by atoms with Gasteiger partial charge in [-0.05, 0) is 17.5 Å². The van der Waals surface area contributed by atoms with E-state index >= 15 is 0 Å². The van der Waals surface area contributed by atoms with E-state index in [0.717, 1.165) is 18.8 Å². The van der Waals surface area contributed by atoms with Crippen LogP contribution in [0.25, 0.3) is 0 Å². The summed E-state index contributed by atoms with van der Waals surface area (Å²) in [6, 6.07) is 6.24. The first kappa shape index (κ1) is 9.43. The molecule has 0 aromatic carbocycles. The first-order valence-corrected chi connectivity index (χ1v) is 5.44. The monoisotopic (exact) mass is 207 g/mol. The van der Waals surface area contributed by atoms with Crippen molar-refractivity contribution in [3.8, 4) is 0 Å². The lowest BCUT2D eigenvalue weighted by Gasteiger charge is -1.99. The summed E-state index contributed by atoms with van der Waals surface area (Å²) in [4.78, 5) is 1.36. The molecule has 1 N–H and O–H groups in total. The zero-order chi connectivity index (χ0) is 9.80. The van der Waals surface area contributed by atoms with E-state index in [1.807, 2.05) is 24.0 Å². The van der Waals surface area contributed by atoms with Crippen LogP contribution in [0.15, 0.2) is 29.8 Å². The standard InChI is InChI=1S/C10H13N3S/c1-13-5-4-9(12-13)7-11-8-10-3-2-6-14-10/h2-6,11H,7-8H2,1H3. The molecule has 74 valence electrons. The molecule has 0 aliphatic carbocycles. The molecule has 0 aliphatic heterocycles. The van der Waals surface area contributed by atoms with E-state index in [1.165, 1.54) is 4.88 Å². The molecule has 2 aromatic heterocycles. The summed E-state index contributed by atoms with van der Waals surface area (Å²) in [5.41, 5.74) is 1.09. The highest BCUT2D eigenvalue weighted by molar-refractivity contribution is 7.09. The Bertz CT molecular complexity index is 378. The van der Waals surface area contributed by atoms with Gasteiger partial charge in [0.25, 0.3) is 0 Å². The van der Waals surface area contributed by atoms with Crippen molar-refractivity contribution in [2.24, 2.45) is 7.05 Å². The number of hydrogen-bond donors (Lipinski definition) is 1. The average molecular weight is 207 g/mol. The Balaban J connectivity index is 1.78. The third-order valence-corrected chi connectivity index (χ3v) is 2.83. The van der Waals surface area contributed by atoms with Gasteiger partial charge in [-0.15, -0.1) is 11.3 Å². The second-order valence-electron chi connectivity index (χ2n) is 3.16. The number of nitrogens with zero attached hydrogens (tertiary/aromatic N) is 2. The van der Waals surface area contributed by atoms with Crippen molar-refractivity contribution in [1.29, 1.82) is 0 Å². The molecule has 0 saturated heterocycles. The van der Waals surface area contributed by atoms with Crippen LogP contribution in [0, 0.1) is 0 Å². The van der Waals surface area contributed by atoms with Gasteiger partial charge in [-0.25, -0.2) is 0 Å². The largest absolute Gasteiger partial charge is 0.306 e. The van der Waals surface area contributed by atoms with Gasteiger partial charge in [-0.3, -0.25) is 4.68 Å². The van der Waals surface area contributed by atoms with Crippen molar-refractivity contribution in [3.05, 3.63) is 40.3 Å². The number of hydrogen-bond acceptors (Lipinski definition) is 3. The molecular formula is C10H13N3S. The third kappa shape index (κ3) is 2.43. The van der Waals surface area contributed by atoms with Crippen LogP contribution in [0.3, 0.4) is 0 Å². The highest BCUT2D eigenvalue weighted by Gasteiger charge is 1.96. The van der Waals surface area contributed by atoms with Gasteiger partial charge in [0.05, 0.1) is 5.69 Å². The second-order valence-corrected chi connectivity index (χ2v) is 4.20. The molecule has 0 amide bonds. The quantitative estimate of drug-likeness (QED) is 0.828. The minimum absolute atomic E-state index is 0.832. The number of aromatic nitrogens is 2. The lowest BCUT2D eigenvalue weighted by atomic mass is 10.4. The molecule has 3 nitrogen and oxygen atoms in total. The number of thiophene rings is 1. The van der Waals surface area contributed by atoms with E-state index in [-0.39, 0.29) is 0 Å². The Kier molecular flexibility index (Phi) is 2.96. The molecule has 0 radical (unpaired) electrons. The lowest BCUT2D eigenvalue weighted by Crippen LogP contribution is -2.12. The van der Waals surface area contributed by atoms with Gasteiger partial charge in [0, 0.05) is 31.2 Å². The maximum atomic E-state index is 4.29. The molecule has 2 heterocycles. The molecule has 0 bridgehead atoms. The van der Waals surface area contributed by atoms with Crippen LogP contribution in [-0.4, -0.2) is 9.78 Å². The van der Waals surface area contributed by atoms with Gasteiger partial charge in [0.2, 0.25) is 0 Å². The van der Waals surface area contributed by atoms with Crippen LogP contribution < -0.4 is 5.32 Å². The Morgan fingerprint density at radius 1 is 1.43 bits per heavy atom. The zero-order valence-corrected chi connectivity index (χ0v) is 8.92. The van der Waals surface area contributed by atoms with Crippen LogP contribution in [0.5, 0.6) is 0 Å². The van der Waals surface area contributed by atoms with Crippen LogP contribution in [-0.2, 0) is 20.1 Å². The summed E-state index contributed by atoms with van der Waals surface area (Å²) in [6.45, 7) is 1.76. The Morgan fingerprint density at radius 3 is 3.00 bits per heavy atom. The fraction of sp³-hybridized carbons (Fsp3) is 0.300. The van der Waals surface area contributed by atoms with Gasteiger partial charge < -0.3 is 5.32 Å². The van der Waals surface area contributed by atoms with Gasteiger partial charge in [-0.1, -0.05) is 6.07 Å². The summed E-state index contributed by atoms with van der Waals surface area (Å²) in [5.74, 6) is 0. The molecular weight excluding hydrogens is 194 g/mol. The smallest absolute Gasteiger partial charge is 0.0762 e. The fourth-order valence-corrected chi connectivity index (χ4v) is 1.96. The predicted molar refractivity (Wildman–Crippen MR) is 58.1 cm³/mol. The van der Waals surface area contributed by atoms with Crippen LogP contribution in [0.4, 0.5) is 0 Å². The van der Waals surface area contributed by atoms with Crippen LogP contribution in [0.2, 0.25) is 0 Å². The first-order chi connectivity index (χ1) is 6.84.